The molecule has 0 unspecified atom stereocenters. The van der Waals surface area contributed by atoms with Crippen LogP contribution in [-0.4, -0.2) is 35.5 Å². The van der Waals surface area contributed by atoms with E-state index in [2.05, 4.69) is 10.6 Å². The average molecular weight is 411 g/mol. The van der Waals surface area contributed by atoms with E-state index < -0.39 is 36.7 Å². The summed E-state index contributed by atoms with van der Waals surface area (Å²) in [6, 6.07) is 12.2. The molecule has 0 spiro atoms. The lowest BCUT2D eigenvalue weighted by molar-refractivity contribution is -0.149. The summed E-state index contributed by atoms with van der Waals surface area (Å²) < 4.78 is 11.0. The van der Waals surface area contributed by atoms with Crippen LogP contribution in [0.1, 0.15) is 11.1 Å². The zero-order valence-corrected chi connectivity index (χ0v) is 16.6. The number of anilines is 1. The second-order valence-electron chi connectivity index (χ2n) is 6.65. The summed E-state index contributed by atoms with van der Waals surface area (Å²) in [7, 11) is 0. The number of oxazole rings is 1. The molecule has 0 radical (unpaired) electrons. The lowest BCUT2D eigenvalue weighted by Gasteiger charge is -2.11. The van der Waals surface area contributed by atoms with Gasteiger partial charge in [-0.15, -0.1) is 0 Å². The molecule has 2 aromatic carbocycles. The maximum Gasteiger partial charge on any atom is 0.420 e. The minimum atomic E-state index is -0.779. The molecule has 30 heavy (non-hydrogen) atoms. The lowest BCUT2D eigenvalue weighted by atomic mass is 10.1. The van der Waals surface area contributed by atoms with Crippen molar-refractivity contribution in [3.63, 3.8) is 0 Å². The highest BCUT2D eigenvalue weighted by Gasteiger charge is 2.15. The average Bonchev–Trinajstić information content (AvgIpc) is 3.03. The highest BCUT2D eigenvalue weighted by atomic mass is 16.5. The minimum Gasteiger partial charge on any atom is -0.454 e. The molecule has 1 heterocycles. The zero-order chi connectivity index (χ0) is 21.7. The molecular formula is C21H21N3O6. The fourth-order valence-electron chi connectivity index (χ4n) is 2.80. The third-order valence-electron chi connectivity index (χ3n) is 4.55. The van der Waals surface area contributed by atoms with Crippen molar-refractivity contribution in [1.82, 2.24) is 9.88 Å². The fraction of sp³-hybridized carbons (Fsp3) is 0.238. The first kappa shape index (κ1) is 20.8. The largest absolute Gasteiger partial charge is 0.454 e. The van der Waals surface area contributed by atoms with Crippen LogP contribution < -0.4 is 16.4 Å². The van der Waals surface area contributed by atoms with Crippen molar-refractivity contribution in [3.8, 4) is 0 Å². The number of fused-ring (bicyclic) bond motifs is 1. The van der Waals surface area contributed by atoms with Gasteiger partial charge in [-0.3, -0.25) is 19.0 Å². The number of carbonyl (C=O) groups excluding carboxylic acids is 3. The Morgan fingerprint density at radius 1 is 1.03 bits per heavy atom. The van der Waals surface area contributed by atoms with Gasteiger partial charge in [-0.25, -0.2) is 4.79 Å². The number of amides is 2. The van der Waals surface area contributed by atoms with E-state index in [4.69, 9.17) is 9.15 Å². The van der Waals surface area contributed by atoms with Gasteiger partial charge in [0.05, 0.1) is 12.1 Å². The van der Waals surface area contributed by atoms with Crippen molar-refractivity contribution in [1.29, 1.82) is 0 Å². The number of rotatable bonds is 7. The summed E-state index contributed by atoms with van der Waals surface area (Å²) in [5, 5.41) is 5.09. The van der Waals surface area contributed by atoms with E-state index in [0.29, 0.717) is 16.8 Å². The number of aryl methyl sites for hydroxylation is 1. The van der Waals surface area contributed by atoms with Crippen LogP contribution >= 0.6 is 0 Å². The van der Waals surface area contributed by atoms with Crippen LogP contribution in [0.5, 0.6) is 0 Å². The molecular weight excluding hydrogens is 390 g/mol. The molecule has 0 atom stereocenters. The summed E-state index contributed by atoms with van der Waals surface area (Å²) >= 11 is 0. The molecule has 3 rings (SSSR count). The summed E-state index contributed by atoms with van der Waals surface area (Å²) in [5.74, 6) is -2.51. The van der Waals surface area contributed by atoms with Gasteiger partial charge < -0.3 is 19.8 Å². The number of para-hydroxylation sites is 2. The van der Waals surface area contributed by atoms with Gasteiger partial charge in [-0.2, -0.15) is 0 Å². The van der Waals surface area contributed by atoms with Gasteiger partial charge in [0.15, 0.2) is 12.2 Å². The molecule has 3 aromatic rings. The highest BCUT2D eigenvalue weighted by molar-refractivity contribution is 5.95. The monoisotopic (exact) mass is 411 g/mol. The molecule has 1 aromatic heterocycles. The third kappa shape index (κ3) is 4.93. The topological polar surface area (TPSA) is 120 Å². The Balaban J connectivity index is 1.45. The highest BCUT2D eigenvalue weighted by Crippen LogP contribution is 2.17. The Kier molecular flexibility index (Phi) is 6.31. The van der Waals surface area contributed by atoms with Crippen molar-refractivity contribution in [2.24, 2.45) is 0 Å². The summed E-state index contributed by atoms with van der Waals surface area (Å²) in [4.78, 5) is 47.7. The summed E-state index contributed by atoms with van der Waals surface area (Å²) in [6.45, 7) is 2.59. The van der Waals surface area contributed by atoms with Gasteiger partial charge in [0.1, 0.15) is 6.54 Å². The molecule has 9 nitrogen and oxygen atoms in total. The van der Waals surface area contributed by atoms with Crippen molar-refractivity contribution in [2.75, 3.05) is 18.5 Å². The van der Waals surface area contributed by atoms with Crippen LogP contribution in [-0.2, 0) is 25.7 Å². The van der Waals surface area contributed by atoms with Gasteiger partial charge in [-0.05, 0) is 43.2 Å². The van der Waals surface area contributed by atoms with Gasteiger partial charge in [0.25, 0.3) is 5.91 Å². The molecule has 0 saturated heterocycles. The van der Waals surface area contributed by atoms with Gasteiger partial charge in [-0.1, -0.05) is 24.3 Å². The lowest BCUT2D eigenvalue weighted by Crippen LogP contribution is -2.36. The second kappa shape index (κ2) is 9.08. The van der Waals surface area contributed by atoms with E-state index in [1.807, 2.05) is 26.0 Å². The molecule has 0 aliphatic rings. The number of benzene rings is 2. The van der Waals surface area contributed by atoms with E-state index >= 15 is 0 Å². The van der Waals surface area contributed by atoms with Gasteiger partial charge in [0.2, 0.25) is 5.91 Å². The molecule has 0 bridgehead atoms. The van der Waals surface area contributed by atoms with E-state index in [0.717, 1.165) is 15.7 Å². The summed E-state index contributed by atoms with van der Waals surface area (Å²) in [5.41, 5.74) is 3.44. The molecule has 2 N–H and O–H groups in total. The third-order valence-corrected chi connectivity index (χ3v) is 4.55. The Labute approximate surface area is 171 Å². The first-order valence-corrected chi connectivity index (χ1v) is 9.22. The van der Waals surface area contributed by atoms with Crippen LogP contribution in [0, 0.1) is 13.8 Å². The Morgan fingerprint density at radius 3 is 2.60 bits per heavy atom. The molecule has 9 heteroatoms. The first-order valence-electron chi connectivity index (χ1n) is 9.22. The van der Waals surface area contributed by atoms with Crippen molar-refractivity contribution >= 4 is 34.6 Å². The van der Waals surface area contributed by atoms with E-state index in [1.54, 1.807) is 30.3 Å². The maximum atomic E-state index is 12.0. The number of aromatic nitrogens is 1. The number of nitrogens with zero attached hydrogens (tertiary/aromatic N) is 1. The number of ether oxygens (including phenoxy) is 1. The van der Waals surface area contributed by atoms with Crippen LogP contribution in [0.25, 0.3) is 11.1 Å². The smallest absolute Gasteiger partial charge is 0.420 e. The van der Waals surface area contributed by atoms with E-state index in [9.17, 15) is 19.2 Å². The predicted molar refractivity (Wildman–Crippen MR) is 109 cm³/mol. The van der Waals surface area contributed by atoms with Crippen molar-refractivity contribution in [3.05, 3.63) is 64.1 Å². The fourth-order valence-corrected chi connectivity index (χ4v) is 2.80. The van der Waals surface area contributed by atoms with Crippen LogP contribution in [0.3, 0.4) is 0 Å². The predicted octanol–water partition coefficient (Wildman–Crippen LogP) is 1.51. The molecule has 0 aliphatic heterocycles. The number of carbonyl (C=O) groups is 3. The quantitative estimate of drug-likeness (QED) is 0.569. The van der Waals surface area contributed by atoms with Crippen LogP contribution in [0.15, 0.2) is 51.7 Å². The Bertz CT molecular complexity index is 1160. The maximum absolute atomic E-state index is 12.0. The van der Waals surface area contributed by atoms with Gasteiger partial charge >= 0.3 is 11.7 Å². The van der Waals surface area contributed by atoms with Crippen LogP contribution in [0.4, 0.5) is 5.69 Å². The molecule has 0 saturated carbocycles. The molecule has 0 fully saturated rings. The Hall–Kier alpha value is -3.88. The number of hydrogen-bond donors (Lipinski definition) is 2. The number of esters is 1. The van der Waals surface area contributed by atoms with E-state index in [1.165, 1.54) is 0 Å². The zero-order valence-electron chi connectivity index (χ0n) is 16.6. The Morgan fingerprint density at radius 2 is 1.80 bits per heavy atom. The normalized spacial score (nSPS) is 10.6. The minimum absolute atomic E-state index is 0.268. The van der Waals surface area contributed by atoms with Crippen molar-refractivity contribution < 1.29 is 23.5 Å². The first-order chi connectivity index (χ1) is 14.3. The second-order valence-corrected chi connectivity index (χ2v) is 6.65. The standard InChI is InChI=1S/C21H21N3O6/c1-13-6-5-7-15(14(13)2)23-18(25)10-22-19(26)12-29-20(27)11-24-16-8-3-4-9-17(16)30-21(24)28/h3-9H,10-12H2,1-2H3,(H,22,26)(H,23,25). The molecule has 0 aliphatic carbocycles. The molecule has 2 amide bonds. The van der Waals surface area contributed by atoms with E-state index in [-0.39, 0.29) is 6.54 Å². The number of hydrogen-bond acceptors (Lipinski definition) is 6. The summed E-state index contributed by atoms with van der Waals surface area (Å²) in [6.07, 6.45) is 0. The number of nitrogens with one attached hydrogen (secondary N) is 2. The van der Waals surface area contributed by atoms with Gasteiger partial charge in [0, 0.05) is 5.69 Å². The SMILES string of the molecule is Cc1cccc(NC(=O)CNC(=O)COC(=O)Cn2c(=O)oc3ccccc32)c1C. The van der Waals surface area contributed by atoms with Crippen LogP contribution in [0.2, 0.25) is 0 Å². The molecule has 156 valence electrons. The van der Waals surface area contributed by atoms with Crippen molar-refractivity contribution in [2.45, 2.75) is 20.4 Å².